The van der Waals surface area contributed by atoms with E-state index >= 15 is 0 Å². The summed E-state index contributed by atoms with van der Waals surface area (Å²) in [6.45, 7) is 0. The van der Waals surface area contributed by atoms with Gasteiger partial charge in [0.25, 0.3) is 0 Å². The number of anilines is 2. The number of amides is 2. The van der Waals surface area contributed by atoms with Crippen LogP contribution in [-0.4, -0.2) is 26.2 Å². The highest BCUT2D eigenvalue weighted by atomic mass is 16.2. The van der Waals surface area contributed by atoms with Crippen molar-refractivity contribution in [3.05, 3.63) is 24.3 Å². The second kappa shape index (κ2) is 5.73. The first-order valence-electron chi connectivity index (χ1n) is 8.93. The molecule has 4 aliphatic rings. The van der Waals surface area contributed by atoms with Crippen LogP contribution in [0, 0.1) is 23.7 Å². The van der Waals surface area contributed by atoms with Gasteiger partial charge in [-0.2, -0.15) is 0 Å². The van der Waals surface area contributed by atoms with E-state index in [0.29, 0.717) is 17.9 Å². The Morgan fingerprint density at radius 3 is 2.04 bits per heavy atom. The first-order valence-corrected chi connectivity index (χ1v) is 8.93. The third kappa shape index (κ3) is 2.91. The summed E-state index contributed by atoms with van der Waals surface area (Å²) in [5, 5.41) is 6.29. The van der Waals surface area contributed by atoms with Crippen LogP contribution in [0.1, 0.15) is 32.1 Å². The number of benzene rings is 1. The Balaban J connectivity index is 1.37. The van der Waals surface area contributed by atoms with Crippen molar-refractivity contribution in [3.63, 3.8) is 0 Å². The molecule has 0 heterocycles. The van der Waals surface area contributed by atoms with Crippen LogP contribution in [0.5, 0.6) is 0 Å². The van der Waals surface area contributed by atoms with Crippen molar-refractivity contribution in [3.8, 4) is 0 Å². The molecule has 1 aromatic carbocycles. The van der Waals surface area contributed by atoms with Crippen molar-refractivity contribution in [2.75, 3.05) is 24.3 Å². The van der Waals surface area contributed by atoms with Crippen LogP contribution in [0.3, 0.4) is 0 Å². The molecule has 5 rings (SSSR count). The number of carbonyl (C=O) groups is 1. The monoisotopic (exact) mass is 313 g/mol. The molecule has 4 aliphatic carbocycles. The van der Waals surface area contributed by atoms with E-state index in [2.05, 4.69) is 15.5 Å². The molecule has 0 aliphatic heterocycles. The Hall–Kier alpha value is -1.71. The lowest BCUT2D eigenvalue weighted by atomic mass is 9.54. The van der Waals surface area contributed by atoms with Crippen molar-refractivity contribution < 1.29 is 4.79 Å². The summed E-state index contributed by atoms with van der Waals surface area (Å²) in [5.74, 6) is 3.32. The Kier molecular flexibility index (Phi) is 3.70. The molecule has 0 saturated heterocycles. The summed E-state index contributed by atoms with van der Waals surface area (Å²) < 4.78 is 0. The zero-order valence-corrected chi connectivity index (χ0v) is 14.1. The highest BCUT2D eigenvalue weighted by Gasteiger charge is 2.48. The van der Waals surface area contributed by atoms with Crippen molar-refractivity contribution in [2.45, 2.75) is 38.1 Å². The average molecular weight is 313 g/mol. The van der Waals surface area contributed by atoms with E-state index < -0.39 is 0 Å². The molecule has 4 saturated carbocycles. The number of nitrogens with zero attached hydrogens (tertiary/aromatic N) is 1. The van der Waals surface area contributed by atoms with E-state index in [0.717, 1.165) is 23.2 Å². The summed E-state index contributed by atoms with van der Waals surface area (Å²) in [5.41, 5.74) is 1.99. The molecule has 1 aromatic rings. The number of rotatable bonds is 3. The van der Waals surface area contributed by atoms with E-state index in [1.807, 2.05) is 38.4 Å². The molecule has 4 fully saturated rings. The average Bonchev–Trinajstić information content (AvgIpc) is 2.50. The van der Waals surface area contributed by atoms with E-state index in [9.17, 15) is 4.79 Å². The summed E-state index contributed by atoms with van der Waals surface area (Å²) >= 11 is 0. The molecule has 4 heteroatoms. The first kappa shape index (κ1) is 14.9. The quantitative estimate of drug-likeness (QED) is 0.893. The predicted molar refractivity (Wildman–Crippen MR) is 93.8 cm³/mol. The highest BCUT2D eigenvalue weighted by Crippen LogP contribution is 2.53. The van der Waals surface area contributed by atoms with Crippen LogP contribution < -0.4 is 15.5 Å². The van der Waals surface area contributed by atoms with Gasteiger partial charge >= 0.3 is 6.03 Å². The number of hydrogen-bond acceptors (Lipinski definition) is 2. The minimum absolute atomic E-state index is 0.0416. The number of hydrogen-bond donors (Lipinski definition) is 2. The second-order valence-corrected chi connectivity index (χ2v) is 8.00. The Labute approximate surface area is 138 Å². The largest absolute Gasteiger partial charge is 0.378 e. The van der Waals surface area contributed by atoms with Crippen molar-refractivity contribution in [1.29, 1.82) is 0 Å². The minimum atomic E-state index is -0.0416. The maximum absolute atomic E-state index is 12.4. The van der Waals surface area contributed by atoms with Gasteiger partial charge in [0.2, 0.25) is 0 Å². The van der Waals surface area contributed by atoms with Crippen LogP contribution in [-0.2, 0) is 0 Å². The molecule has 0 radical (unpaired) electrons. The third-order valence-corrected chi connectivity index (χ3v) is 6.17. The van der Waals surface area contributed by atoms with Crippen molar-refractivity contribution in [2.24, 2.45) is 23.7 Å². The van der Waals surface area contributed by atoms with Crippen LogP contribution in [0.25, 0.3) is 0 Å². The van der Waals surface area contributed by atoms with Gasteiger partial charge in [0.1, 0.15) is 0 Å². The maximum atomic E-state index is 12.4. The summed E-state index contributed by atoms with van der Waals surface area (Å²) in [7, 11) is 4.03. The van der Waals surface area contributed by atoms with E-state index in [4.69, 9.17) is 0 Å². The summed E-state index contributed by atoms with van der Waals surface area (Å²) in [4.78, 5) is 14.4. The van der Waals surface area contributed by atoms with Crippen molar-refractivity contribution in [1.82, 2.24) is 5.32 Å². The fourth-order valence-electron chi connectivity index (χ4n) is 5.32. The molecule has 0 aromatic heterocycles. The number of urea groups is 1. The lowest BCUT2D eigenvalue weighted by molar-refractivity contribution is -0.00883. The van der Waals surface area contributed by atoms with Gasteiger partial charge in [-0.1, -0.05) is 0 Å². The van der Waals surface area contributed by atoms with Gasteiger partial charge in [-0.05, 0) is 80.0 Å². The molecule has 4 bridgehead atoms. The molecular weight excluding hydrogens is 286 g/mol. The lowest BCUT2D eigenvalue weighted by Gasteiger charge is -2.54. The standard InChI is InChI=1S/C19H27N3O/c1-22(2)17-5-3-16(4-6-17)20-19(23)21-18-14-8-12-7-13(10-14)11-15(18)9-12/h3-6,12-15,18H,7-11H2,1-2H3,(H2,20,21,23). The van der Waals surface area contributed by atoms with Gasteiger partial charge in [-0.15, -0.1) is 0 Å². The molecule has 0 atom stereocenters. The summed E-state index contributed by atoms with van der Waals surface area (Å²) in [6.07, 6.45) is 6.76. The number of carbonyl (C=O) groups excluding carboxylic acids is 1. The van der Waals surface area contributed by atoms with Crippen LogP contribution >= 0.6 is 0 Å². The second-order valence-electron chi connectivity index (χ2n) is 8.00. The van der Waals surface area contributed by atoms with E-state index in [-0.39, 0.29) is 6.03 Å². The molecule has 2 amide bonds. The van der Waals surface area contributed by atoms with E-state index in [1.165, 1.54) is 32.1 Å². The topological polar surface area (TPSA) is 44.4 Å². The van der Waals surface area contributed by atoms with E-state index in [1.54, 1.807) is 0 Å². The molecule has 124 valence electrons. The van der Waals surface area contributed by atoms with Gasteiger partial charge in [-0.3, -0.25) is 0 Å². The van der Waals surface area contributed by atoms with Gasteiger partial charge in [-0.25, -0.2) is 4.79 Å². The smallest absolute Gasteiger partial charge is 0.319 e. The highest BCUT2D eigenvalue weighted by molar-refractivity contribution is 5.89. The predicted octanol–water partition coefficient (Wildman–Crippen LogP) is 3.70. The molecule has 23 heavy (non-hydrogen) atoms. The Morgan fingerprint density at radius 1 is 0.957 bits per heavy atom. The van der Waals surface area contributed by atoms with Crippen LogP contribution in [0.4, 0.5) is 16.2 Å². The molecule has 2 N–H and O–H groups in total. The zero-order valence-electron chi connectivity index (χ0n) is 14.1. The lowest BCUT2D eigenvalue weighted by Crippen LogP contribution is -2.56. The van der Waals surface area contributed by atoms with Crippen LogP contribution in [0.15, 0.2) is 24.3 Å². The fourth-order valence-corrected chi connectivity index (χ4v) is 5.32. The summed E-state index contributed by atoms with van der Waals surface area (Å²) in [6, 6.07) is 8.33. The Morgan fingerprint density at radius 2 is 1.52 bits per heavy atom. The van der Waals surface area contributed by atoms with Crippen LogP contribution in [0.2, 0.25) is 0 Å². The minimum Gasteiger partial charge on any atom is -0.378 e. The fraction of sp³-hybridized carbons (Fsp3) is 0.632. The third-order valence-electron chi connectivity index (χ3n) is 6.17. The molecule has 0 unspecified atom stereocenters. The molecular formula is C19H27N3O. The normalized spacial score (nSPS) is 34.3. The zero-order chi connectivity index (χ0) is 16.0. The molecule has 0 spiro atoms. The number of nitrogens with one attached hydrogen (secondary N) is 2. The van der Waals surface area contributed by atoms with Gasteiger partial charge < -0.3 is 15.5 Å². The SMILES string of the molecule is CN(C)c1ccc(NC(=O)NC2C3CC4CC(C3)CC2C4)cc1. The van der Waals surface area contributed by atoms with Gasteiger partial charge in [0.15, 0.2) is 0 Å². The molecule has 4 nitrogen and oxygen atoms in total. The van der Waals surface area contributed by atoms with Gasteiger partial charge in [0, 0.05) is 31.5 Å². The maximum Gasteiger partial charge on any atom is 0.319 e. The first-order chi connectivity index (χ1) is 11.1. The van der Waals surface area contributed by atoms with Crippen molar-refractivity contribution >= 4 is 17.4 Å². The Bertz CT molecular complexity index is 553. The van der Waals surface area contributed by atoms with Gasteiger partial charge in [0.05, 0.1) is 0 Å².